The quantitative estimate of drug-likeness (QED) is 0.699. The summed E-state index contributed by atoms with van der Waals surface area (Å²) in [5.41, 5.74) is 1.07. The number of hydrogen-bond acceptors (Lipinski definition) is 4. The fourth-order valence-corrected chi connectivity index (χ4v) is 5.40. The molecule has 1 saturated heterocycles. The highest BCUT2D eigenvalue weighted by Gasteiger charge is 2.35. The van der Waals surface area contributed by atoms with E-state index in [1.807, 2.05) is 0 Å². The molecule has 0 spiro atoms. The lowest BCUT2D eigenvalue weighted by atomic mass is 10.1. The van der Waals surface area contributed by atoms with Crippen LogP contribution in [0.5, 0.6) is 0 Å². The molecule has 4 rings (SSSR count). The maximum atomic E-state index is 13.4. The number of carbonyl (C=O) groups is 1. The van der Waals surface area contributed by atoms with E-state index in [9.17, 15) is 26.4 Å². The second-order valence-corrected chi connectivity index (χ2v) is 9.33. The van der Waals surface area contributed by atoms with Crippen LogP contribution in [0.2, 0.25) is 0 Å². The minimum Gasteiger partial charge on any atom is -0.332 e. The summed E-state index contributed by atoms with van der Waals surface area (Å²) in [7, 11) is -3.40. The van der Waals surface area contributed by atoms with Crippen molar-refractivity contribution in [1.82, 2.24) is 14.7 Å². The monoisotopic (exact) mass is 428 g/mol. The maximum absolute atomic E-state index is 13.4. The van der Waals surface area contributed by atoms with Gasteiger partial charge in [-0.25, -0.2) is 21.6 Å². The van der Waals surface area contributed by atoms with E-state index in [1.54, 1.807) is 11.6 Å². The van der Waals surface area contributed by atoms with Gasteiger partial charge in [0.2, 0.25) is 15.9 Å². The first-order valence-electron chi connectivity index (χ1n) is 9.15. The van der Waals surface area contributed by atoms with Gasteiger partial charge in [0.05, 0.1) is 42.8 Å². The number of halogens is 3. The van der Waals surface area contributed by atoms with Crippen LogP contribution < -0.4 is 4.31 Å². The average molecular weight is 428 g/mol. The molecule has 0 radical (unpaired) electrons. The number of amides is 1. The highest BCUT2D eigenvalue weighted by atomic mass is 32.2. The fourth-order valence-electron chi connectivity index (χ4n) is 3.83. The van der Waals surface area contributed by atoms with E-state index in [0.29, 0.717) is 30.9 Å². The summed E-state index contributed by atoms with van der Waals surface area (Å²) in [6, 6.07) is 1.35. The van der Waals surface area contributed by atoms with Gasteiger partial charge in [-0.2, -0.15) is 5.10 Å². The molecule has 2 aliphatic rings. The van der Waals surface area contributed by atoms with Gasteiger partial charge in [-0.3, -0.25) is 13.8 Å². The van der Waals surface area contributed by atoms with Crippen molar-refractivity contribution < 1.29 is 26.4 Å². The van der Waals surface area contributed by atoms with Crippen molar-refractivity contribution >= 4 is 21.6 Å². The van der Waals surface area contributed by atoms with E-state index in [1.165, 1.54) is 15.4 Å². The average Bonchev–Trinajstić information content (AvgIpc) is 3.20. The lowest BCUT2D eigenvalue weighted by Crippen LogP contribution is -2.46. The summed E-state index contributed by atoms with van der Waals surface area (Å²) in [6.45, 7) is 2.65. The molecule has 0 aliphatic carbocycles. The first-order chi connectivity index (χ1) is 13.7. The van der Waals surface area contributed by atoms with E-state index >= 15 is 0 Å². The third kappa shape index (κ3) is 3.47. The molecule has 7 nitrogen and oxygen atoms in total. The molecule has 0 bridgehead atoms. The van der Waals surface area contributed by atoms with Gasteiger partial charge < -0.3 is 4.90 Å². The zero-order valence-corrected chi connectivity index (χ0v) is 16.4. The van der Waals surface area contributed by atoms with Crippen LogP contribution in [0.15, 0.2) is 18.3 Å². The largest absolute Gasteiger partial charge is 0.332 e. The van der Waals surface area contributed by atoms with E-state index in [0.717, 1.165) is 12.1 Å². The topological polar surface area (TPSA) is 75.5 Å². The molecule has 2 aliphatic heterocycles. The Bertz CT molecular complexity index is 1060. The van der Waals surface area contributed by atoms with E-state index in [4.69, 9.17) is 0 Å². The molecule has 0 unspecified atom stereocenters. The van der Waals surface area contributed by atoms with E-state index in [2.05, 4.69) is 5.10 Å². The van der Waals surface area contributed by atoms with Crippen molar-refractivity contribution in [2.24, 2.45) is 0 Å². The molecule has 156 valence electrons. The SMILES string of the molecule is C[C@H]1Cn2ncc(N3CCCS3(=O)=O)c2CN1C(=O)Cc1cc(F)c(F)c(F)c1. The summed E-state index contributed by atoms with van der Waals surface area (Å²) < 4.78 is 67.6. The van der Waals surface area contributed by atoms with Gasteiger partial charge in [0, 0.05) is 12.6 Å². The second-order valence-electron chi connectivity index (χ2n) is 7.32. The Labute approximate surface area is 165 Å². The van der Waals surface area contributed by atoms with E-state index < -0.39 is 33.4 Å². The molecule has 1 aromatic heterocycles. The van der Waals surface area contributed by atoms with E-state index in [-0.39, 0.29) is 30.3 Å². The molecule has 11 heteroatoms. The summed E-state index contributed by atoms with van der Waals surface area (Å²) in [5.74, 6) is -4.60. The van der Waals surface area contributed by atoms with Crippen molar-refractivity contribution in [2.75, 3.05) is 16.6 Å². The molecule has 1 atom stereocenters. The number of fused-ring (bicyclic) bond motifs is 1. The van der Waals surface area contributed by atoms with Crippen LogP contribution in [0, 0.1) is 17.5 Å². The zero-order valence-electron chi connectivity index (χ0n) is 15.6. The van der Waals surface area contributed by atoms with Crippen LogP contribution in [0.1, 0.15) is 24.6 Å². The number of rotatable bonds is 3. The summed E-state index contributed by atoms with van der Waals surface area (Å²) in [5, 5.41) is 4.26. The number of sulfonamides is 1. The molecule has 29 heavy (non-hydrogen) atoms. The molecule has 1 aromatic carbocycles. The zero-order chi connectivity index (χ0) is 20.9. The van der Waals surface area contributed by atoms with Gasteiger partial charge >= 0.3 is 0 Å². The number of nitrogens with zero attached hydrogens (tertiary/aromatic N) is 4. The van der Waals surface area contributed by atoms with Gasteiger partial charge in [-0.05, 0) is 31.0 Å². The summed E-state index contributed by atoms with van der Waals surface area (Å²) in [4.78, 5) is 14.3. The second kappa shape index (κ2) is 7.05. The van der Waals surface area contributed by atoms with Crippen LogP contribution in [-0.2, 0) is 34.3 Å². The lowest BCUT2D eigenvalue weighted by molar-refractivity contribution is -0.134. The first-order valence-corrected chi connectivity index (χ1v) is 10.8. The first kappa shape index (κ1) is 19.7. The van der Waals surface area contributed by atoms with Crippen LogP contribution in [-0.4, -0.2) is 47.3 Å². The Morgan fingerprint density at radius 2 is 1.93 bits per heavy atom. The van der Waals surface area contributed by atoms with Gasteiger partial charge in [0.15, 0.2) is 17.5 Å². The van der Waals surface area contributed by atoms with Crippen molar-refractivity contribution in [2.45, 2.75) is 38.9 Å². The number of aromatic nitrogens is 2. The minimum atomic E-state index is -3.40. The van der Waals surface area contributed by atoms with Gasteiger partial charge in [-0.1, -0.05) is 0 Å². The fraction of sp³-hybridized carbons (Fsp3) is 0.444. The molecule has 3 heterocycles. The Morgan fingerprint density at radius 3 is 2.55 bits per heavy atom. The molecule has 2 aromatic rings. The van der Waals surface area contributed by atoms with Crippen LogP contribution >= 0.6 is 0 Å². The van der Waals surface area contributed by atoms with Crippen LogP contribution in [0.3, 0.4) is 0 Å². The van der Waals surface area contributed by atoms with Crippen molar-refractivity contribution in [3.8, 4) is 0 Å². The Morgan fingerprint density at radius 1 is 1.24 bits per heavy atom. The molecule has 0 N–H and O–H groups in total. The molecule has 1 amide bonds. The number of carbonyl (C=O) groups excluding carboxylic acids is 1. The lowest BCUT2D eigenvalue weighted by Gasteiger charge is -2.35. The maximum Gasteiger partial charge on any atom is 0.235 e. The smallest absolute Gasteiger partial charge is 0.235 e. The van der Waals surface area contributed by atoms with Crippen molar-refractivity contribution in [3.63, 3.8) is 0 Å². The number of benzene rings is 1. The Hall–Kier alpha value is -2.56. The number of anilines is 1. The molecule has 0 saturated carbocycles. The standard InChI is InChI=1S/C18H19F3N4O3S/c1-11-9-24-16(15(8-22-24)25-3-2-4-29(25,27)28)10-23(11)17(26)7-12-5-13(19)18(21)14(20)6-12/h5-6,8,11H,2-4,7,9-10H2,1H3/t11-/m0/s1. The molecular formula is C18H19F3N4O3S. The van der Waals surface area contributed by atoms with Crippen molar-refractivity contribution in [1.29, 1.82) is 0 Å². The number of hydrogen-bond donors (Lipinski definition) is 0. The van der Waals surface area contributed by atoms with Gasteiger partial charge in [0.25, 0.3) is 0 Å². The normalized spacial score (nSPS) is 20.8. The van der Waals surface area contributed by atoms with Crippen molar-refractivity contribution in [3.05, 3.63) is 47.0 Å². The van der Waals surface area contributed by atoms with Gasteiger partial charge in [-0.15, -0.1) is 0 Å². The minimum absolute atomic E-state index is 0.0278. The van der Waals surface area contributed by atoms with Crippen LogP contribution in [0.25, 0.3) is 0 Å². The predicted molar refractivity (Wildman–Crippen MR) is 98.0 cm³/mol. The third-order valence-electron chi connectivity index (χ3n) is 5.30. The molecular weight excluding hydrogens is 409 g/mol. The highest BCUT2D eigenvalue weighted by molar-refractivity contribution is 7.93. The predicted octanol–water partition coefficient (Wildman–Crippen LogP) is 1.81. The summed E-state index contributed by atoms with van der Waals surface area (Å²) in [6.07, 6.45) is 1.71. The van der Waals surface area contributed by atoms with Gasteiger partial charge in [0.1, 0.15) is 0 Å². The third-order valence-corrected chi connectivity index (χ3v) is 7.16. The summed E-state index contributed by atoms with van der Waals surface area (Å²) >= 11 is 0. The Kier molecular flexibility index (Phi) is 4.80. The molecule has 1 fully saturated rings. The highest BCUT2D eigenvalue weighted by Crippen LogP contribution is 2.31. The Balaban J connectivity index is 1.58. The van der Waals surface area contributed by atoms with Crippen LogP contribution in [0.4, 0.5) is 18.9 Å².